The number of thioether (sulfide) groups is 1. The van der Waals surface area contributed by atoms with E-state index in [9.17, 15) is 9.59 Å². The van der Waals surface area contributed by atoms with Crippen LogP contribution in [0.1, 0.15) is 30.7 Å². The van der Waals surface area contributed by atoms with Gasteiger partial charge in [0.25, 0.3) is 5.91 Å². The van der Waals surface area contributed by atoms with Crippen LogP contribution in [0.3, 0.4) is 0 Å². The van der Waals surface area contributed by atoms with Crippen LogP contribution in [0.5, 0.6) is 0 Å². The van der Waals surface area contributed by atoms with E-state index in [0.29, 0.717) is 26.6 Å². The van der Waals surface area contributed by atoms with Crippen molar-refractivity contribution in [1.29, 1.82) is 0 Å². The first-order valence-corrected chi connectivity index (χ1v) is 10.5. The standard InChI is InChI=1S/C19H19N3O2S3/c1-5-21-17(24)16(27-19(21)25)9-14-10-26-18(20-14)22(13(4)23)15-7-6-11(2)12(3)8-15/h6-10H,5H2,1-4H3. The summed E-state index contributed by atoms with van der Waals surface area (Å²) in [7, 11) is 0. The van der Waals surface area contributed by atoms with Gasteiger partial charge in [-0.25, -0.2) is 4.98 Å². The smallest absolute Gasteiger partial charge is 0.266 e. The molecule has 1 aliphatic rings. The van der Waals surface area contributed by atoms with Crippen LogP contribution in [0, 0.1) is 13.8 Å². The number of carbonyl (C=O) groups is 2. The molecular formula is C19H19N3O2S3. The Morgan fingerprint density at radius 3 is 2.67 bits per heavy atom. The summed E-state index contributed by atoms with van der Waals surface area (Å²) in [6.45, 7) is 8.01. The van der Waals surface area contributed by atoms with Crippen LogP contribution in [0.4, 0.5) is 10.8 Å². The van der Waals surface area contributed by atoms with E-state index >= 15 is 0 Å². The van der Waals surface area contributed by atoms with E-state index < -0.39 is 0 Å². The molecule has 3 rings (SSSR count). The second-order valence-corrected chi connectivity index (χ2v) is 8.62. The number of hydrogen-bond donors (Lipinski definition) is 0. The minimum Gasteiger partial charge on any atom is -0.293 e. The Morgan fingerprint density at radius 1 is 1.33 bits per heavy atom. The molecule has 0 saturated carbocycles. The number of anilines is 2. The number of aromatic nitrogens is 1. The SMILES string of the molecule is CCN1C(=O)C(=Cc2csc(N(C(C)=O)c3ccc(C)c(C)c3)n2)SC1=S. The van der Waals surface area contributed by atoms with Gasteiger partial charge < -0.3 is 0 Å². The van der Waals surface area contributed by atoms with E-state index in [2.05, 4.69) is 4.98 Å². The maximum atomic E-state index is 12.4. The number of nitrogens with zero attached hydrogens (tertiary/aromatic N) is 3. The van der Waals surface area contributed by atoms with Gasteiger partial charge in [-0.2, -0.15) is 0 Å². The second-order valence-electron chi connectivity index (χ2n) is 6.10. The summed E-state index contributed by atoms with van der Waals surface area (Å²) in [6, 6.07) is 5.88. The molecule has 1 fully saturated rings. The molecule has 8 heteroatoms. The Balaban J connectivity index is 1.92. The first-order chi connectivity index (χ1) is 12.8. The molecule has 2 aromatic rings. The summed E-state index contributed by atoms with van der Waals surface area (Å²) >= 11 is 7.88. The molecular weight excluding hydrogens is 398 g/mol. The number of benzene rings is 1. The molecule has 2 amide bonds. The molecule has 0 atom stereocenters. The van der Waals surface area contributed by atoms with Gasteiger partial charge in [-0.3, -0.25) is 19.4 Å². The zero-order valence-corrected chi connectivity index (χ0v) is 17.9. The molecule has 0 N–H and O–H groups in total. The number of likely N-dealkylation sites (N-methyl/N-ethyl adjacent to an activating group) is 1. The summed E-state index contributed by atoms with van der Waals surface area (Å²) < 4.78 is 0.560. The van der Waals surface area contributed by atoms with Gasteiger partial charge in [-0.15, -0.1) is 11.3 Å². The Bertz CT molecular complexity index is 965. The Labute approximate surface area is 172 Å². The number of carbonyl (C=O) groups excluding carboxylic acids is 2. The van der Waals surface area contributed by atoms with Crippen LogP contribution < -0.4 is 4.90 Å². The number of thiazole rings is 1. The van der Waals surface area contributed by atoms with E-state index in [1.165, 1.54) is 35.6 Å². The number of thiocarbonyl (C=S) groups is 1. The second kappa shape index (κ2) is 7.92. The highest BCUT2D eigenvalue weighted by Crippen LogP contribution is 2.34. The van der Waals surface area contributed by atoms with Gasteiger partial charge >= 0.3 is 0 Å². The normalized spacial score (nSPS) is 15.7. The highest BCUT2D eigenvalue weighted by molar-refractivity contribution is 8.26. The van der Waals surface area contributed by atoms with Gasteiger partial charge in [0.15, 0.2) is 5.13 Å². The molecule has 27 heavy (non-hydrogen) atoms. The quantitative estimate of drug-likeness (QED) is 0.535. The zero-order valence-electron chi connectivity index (χ0n) is 15.5. The Hall–Kier alpha value is -2.03. The van der Waals surface area contributed by atoms with Crippen LogP contribution in [-0.4, -0.2) is 32.6 Å². The lowest BCUT2D eigenvalue weighted by atomic mass is 10.1. The Kier molecular flexibility index (Phi) is 5.78. The van der Waals surface area contributed by atoms with E-state index in [1.807, 2.05) is 44.4 Å². The van der Waals surface area contributed by atoms with Crippen molar-refractivity contribution in [2.45, 2.75) is 27.7 Å². The largest absolute Gasteiger partial charge is 0.293 e. The average molecular weight is 418 g/mol. The molecule has 0 radical (unpaired) electrons. The fourth-order valence-electron chi connectivity index (χ4n) is 2.64. The summed E-state index contributed by atoms with van der Waals surface area (Å²) in [6.07, 6.45) is 1.73. The van der Waals surface area contributed by atoms with Gasteiger partial charge in [0, 0.05) is 18.8 Å². The van der Waals surface area contributed by atoms with Crippen molar-refractivity contribution in [3.63, 3.8) is 0 Å². The van der Waals surface area contributed by atoms with E-state index in [0.717, 1.165) is 11.3 Å². The molecule has 2 heterocycles. The molecule has 5 nitrogen and oxygen atoms in total. The van der Waals surface area contributed by atoms with Crippen molar-refractivity contribution in [1.82, 2.24) is 9.88 Å². The third-order valence-corrected chi connectivity index (χ3v) is 6.46. The molecule has 0 aliphatic carbocycles. The first kappa shape index (κ1) is 19.7. The van der Waals surface area contributed by atoms with Crippen LogP contribution in [-0.2, 0) is 9.59 Å². The molecule has 0 unspecified atom stereocenters. The molecule has 140 valence electrons. The molecule has 0 spiro atoms. The average Bonchev–Trinajstić information content (AvgIpc) is 3.16. The predicted molar refractivity (Wildman–Crippen MR) is 116 cm³/mol. The van der Waals surface area contributed by atoms with Crippen molar-refractivity contribution in [2.24, 2.45) is 0 Å². The van der Waals surface area contributed by atoms with E-state index in [1.54, 1.807) is 15.9 Å². The maximum absolute atomic E-state index is 12.4. The van der Waals surface area contributed by atoms with Crippen molar-refractivity contribution >= 4 is 68.3 Å². The maximum Gasteiger partial charge on any atom is 0.266 e. The summed E-state index contributed by atoms with van der Waals surface area (Å²) in [5.41, 5.74) is 3.70. The van der Waals surface area contributed by atoms with Crippen LogP contribution >= 0.6 is 35.3 Å². The van der Waals surface area contributed by atoms with Gasteiger partial charge in [-0.1, -0.05) is 30.0 Å². The predicted octanol–water partition coefficient (Wildman–Crippen LogP) is 4.67. The number of rotatable bonds is 4. The molecule has 0 bridgehead atoms. The summed E-state index contributed by atoms with van der Waals surface area (Å²) in [5.74, 6) is -0.212. The van der Waals surface area contributed by atoms with Crippen LogP contribution in [0.2, 0.25) is 0 Å². The fraction of sp³-hybridized carbons (Fsp3) is 0.263. The molecule has 1 saturated heterocycles. The minimum atomic E-state index is -0.114. The summed E-state index contributed by atoms with van der Waals surface area (Å²) in [4.78, 5) is 32.9. The number of hydrogen-bond acceptors (Lipinski definition) is 6. The number of aryl methyl sites for hydroxylation is 2. The van der Waals surface area contributed by atoms with Gasteiger partial charge in [0.1, 0.15) is 4.32 Å². The fourth-order valence-corrected chi connectivity index (χ4v) is 4.86. The van der Waals surface area contributed by atoms with Crippen LogP contribution in [0.25, 0.3) is 6.08 Å². The van der Waals surface area contributed by atoms with Gasteiger partial charge in [0.2, 0.25) is 5.91 Å². The van der Waals surface area contributed by atoms with Crippen molar-refractivity contribution < 1.29 is 9.59 Å². The monoisotopic (exact) mass is 417 g/mol. The van der Waals surface area contributed by atoms with Crippen molar-refractivity contribution in [2.75, 3.05) is 11.4 Å². The topological polar surface area (TPSA) is 53.5 Å². The van der Waals surface area contributed by atoms with Crippen LogP contribution in [0.15, 0.2) is 28.5 Å². The van der Waals surface area contributed by atoms with Crippen molar-refractivity contribution in [3.8, 4) is 0 Å². The minimum absolute atomic E-state index is 0.0976. The first-order valence-electron chi connectivity index (χ1n) is 8.40. The highest BCUT2D eigenvalue weighted by atomic mass is 32.2. The lowest BCUT2D eigenvalue weighted by molar-refractivity contribution is -0.122. The number of amides is 2. The van der Waals surface area contributed by atoms with Gasteiger partial charge in [-0.05, 0) is 50.1 Å². The van der Waals surface area contributed by atoms with E-state index in [-0.39, 0.29) is 11.8 Å². The summed E-state index contributed by atoms with van der Waals surface area (Å²) in [5, 5.41) is 2.41. The third kappa shape index (κ3) is 3.97. The Morgan fingerprint density at radius 2 is 2.07 bits per heavy atom. The highest BCUT2D eigenvalue weighted by Gasteiger charge is 2.31. The molecule has 1 aromatic heterocycles. The van der Waals surface area contributed by atoms with Gasteiger partial charge in [0.05, 0.1) is 16.3 Å². The van der Waals surface area contributed by atoms with Crippen molar-refractivity contribution in [3.05, 3.63) is 45.3 Å². The van der Waals surface area contributed by atoms with E-state index in [4.69, 9.17) is 12.2 Å². The third-order valence-electron chi connectivity index (χ3n) is 4.23. The zero-order chi connectivity index (χ0) is 19.7. The molecule has 1 aliphatic heterocycles. The molecule has 1 aromatic carbocycles. The lowest BCUT2D eigenvalue weighted by Gasteiger charge is -2.19. The lowest BCUT2D eigenvalue weighted by Crippen LogP contribution is -2.27.